The second-order valence-corrected chi connectivity index (χ2v) is 4.74. The molecule has 0 aliphatic heterocycles. The third-order valence-corrected chi connectivity index (χ3v) is 3.15. The molecular formula is C13H28N2O. The zero-order valence-electron chi connectivity index (χ0n) is 11.0. The van der Waals surface area contributed by atoms with E-state index in [1.807, 2.05) is 0 Å². The lowest BCUT2D eigenvalue weighted by atomic mass is 10.2. The van der Waals surface area contributed by atoms with Crippen LogP contribution in [0.2, 0.25) is 0 Å². The normalized spacial score (nSPS) is 15.9. The molecule has 0 aromatic heterocycles. The minimum atomic E-state index is 0.865. The fourth-order valence-electron chi connectivity index (χ4n) is 1.82. The van der Waals surface area contributed by atoms with Gasteiger partial charge in [0.05, 0.1) is 6.61 Å². The zero-order valence-corrected chi connectivity index (χ0v) is 11.0. The SMILES string of the molecule is CCNCCCCCOCCN(C)C1CC1. The molecule has 1 rings (SSSR count). The summed E-state index contributed by atoms with van der Waals surface area (Å²) in [5, 5.41) is 3.34. The summed E-state index contributed by atoms with van der Waals surface area (Å²) in [6, 6.07) is 0.865. The van der Waals surface area contributed by atoms with Crippen LogP contribution in [-0.4, -0.2) is 50.8 Å². The molecule has 0 amide bonds. The van der Waals surface area contributed by atoms with E-state index in [1.165, 1.54) is 32.1 Å². The smallest absolute Gasteiger partial charge is 0.0593 e. The Morgan fingerprint density at radius 3 is 2.69 bits per heavy atom. The molecule has 96 valence electrons. The number of nitrogens with zero attached hydrogens (tertiary/aromatic N) is 1. The van der Waals surface area contributed by atoms with Gasteiger partial charge in [0.1, 0.15) is 0 Å². The largest absolute Gasteiger partial charge is 0.380 e. The van der Waals surface area contributed by atoms with Gasteiger partial charge >= 0.3 is 0 Å². The molecule has 0 spiro atoms. The molecule has 16 heavy (non-hydrogen) atoms. The molecule has 1 N–H and O–H groups in total. The first-order valence-electron chi connectivity index (χ1n) is 6.83. The van der Waals surface area contributed by atoms with Crippen molar-refractivity contribution in [3.63, 3.8) is 0 Å². The van der Waals surface area contributed by atoms with Crippen LogP contribution < -0.4 is 5.32 Å². The van der Waals surface area contributed by atoms with Crippen LogP contribution in [0, 0.1) is 0 Å². The monoisotopic (exact) mass is 228 g/mol. The van der Waals surface area contributed by atoms with Gasteiger partial charge in [-0.2, -0.15) is 0 Å². The maximum atomic E-state index is 5.63. The quantitative estimate of drug-likeness (QED) is 0.546. The highest BCUT2D eigenvalue weighted by atomic mass is 16.5. The molecule has 1 fully saturated rings. The Hall–Kier alpha value is -0.120. The summed E-state index contributed by atoms with van der Waals surface area (Å²) >= 11 is 0. The van der Waals surface area contributed by atoms with Crippen molar-refractivity contribution in [3.8, 4) is 0 Å². The first-order valence-corrected chi connectivity index (χ1v) is 6.83. The molecular weight excluding hydrogens is 200 g/mol. The summed E-state index contributed by atoms with van der Waals surface area (Å²) in [5.41, 5.74) is 0. The minimum absolute atomic E-state index is 0.865. The van der Waals surface area contributed by atoms with Crippen LogP contribution in [0.25, 0.3) is 0 Å². The van der Waals surface area contributed by atoms with Gasteiger partial charge in [0, 0.05) is 19.2 Å². The van der Waals surface area contributed by atoms with Crippen LogP contribution in [0.1, 0.15) is 39.0 Å². The molecule has 3 heteroatoms. The van der Waals surface area contributed by atoms with Crippen molar-refractivity contribution >= 4 is 0 Å². The third kappa shape index (κ3) is 7.20. The molecule has 1 aliphatic carbocycles. The number of hydrogen-bond acceptors (Lipinski definition) is 3. The van der Waals surface area contributed by atoms with Crippen molar-refractivity contribution in [3.05, 3.63) is 0 Å². The molecule has 3 nitrogen and oxygen atoms in total. The van der Waals surface area contributed by atoms with Crippen LogP contribution in [-0.2, 0) is 4.74 Å². The Bertz CT molecular complexity index is 160. The van der Waals surface area contributed by atoms with E-state index >= 15 is 0 Å². The Labute approximate surface area is 101 Å². The van der Waals surface area contributed by atoms with E-state index in [2.05, 4.69) is 24.2 Å². The summed E-state index contributed by atoms with van der Waals surface area (Å²) in [7, 11) is 2.21. The molecule has 0 aromatic carbocycles. The number of hydrogen-bond donors (Lipinski definition) is 1. The van der Waals surface area contributed by atoms with Gasteiger partial charge in [-0.3, -0.25) is 0 Å². The second kappa shape index (κ2) is 8.97. The molecule has 0 unspecified atom stereocenters. The number of rotatable bonds is 11. The highest BCUT2D eigenvalue weighted by Crippen LogP contribution is 2.24. The fraction of sp³-hybridized carbons (Fsp3) is 1.00. The van der Waals surface area contributed by atoms with Gasteiger partial charge in [-0.15, -0.1) is 0 Å². The average Bonchev–Trinajstić information content (AvgIpc) is 3.10. The molecule has 0 aromatic rings. The van der Waals surface area contributed by atoms with E-state index in [1.54, 1.807) is 0 Å². The van der Waals surface area contributed by atoms with Crippen LogP contribution in [0.3, 0.4) is 0 Å². The van der Waals surface area contributed by atoms with Gasteiger partial charge in [-0.05, 0) is 52.2 Å². The van der Waals surface area contributed by atoms with Crippen LogP contribution in [0.5, 0.6) is 0 Å². The second-order valence-electron chi connectivity index (χ2n) is 4.74. The van der Waals surface area contributed by atoms with E-state index in [-0.39, 0.29) is 0 Å². The first kappa shape index (κ1) is 13.9. The van der Waals surface area contributed by atoms with Crippen molar-refractivity contribution < 1.29 is 4.74 Å². The molecule has 0 radical (unpaired) electrons. The Kier molecular flexibility index (Phi) is 7.81. The topological polar surface area (TPSA) is 24.5 Å². The maximum Gasteiger partial charge on any atom is 0.0593 e. The highest BCUT2D eigenvalue weighted by molar-refractivity contribution is 4.81. The van der Waals surface area contributed by atoms with Crippen molar-refractivity contribution in [2.45, 2.75) is 45.1 Å². The summed E-state index contributed by atoms with van der Waals surface area (Å²) in [5.74, 6) is 0. The van der Waals surface area contributed by atoms with E-state index < -0.39 is 0 Å². The van der Waals surface area contributed by atoms with Crippen molar-refractivity contribution in [2.24, 2.45) is 0 Å². The number of nitrogens with one attached hydrogen (secondary N) is 1. The maximum absolute atomic E-state index is 5.63. The Morgan fingerprint density at radius 2 is 2.00 bits per heavy atom. The van der Waals surface area contributed by atoms with Crippen molar-refractivity contribution in [1.29, 1.82) is 0 Å². The molecule has 0 heterocycles. The average molecular weight is 228 g/mol. The van der Waals surface area contributed by atoms with E-state index in [9.17, 15) is 0 Å². The summed E-state index contributed by atoms with van der Waals surface area (Å²) in [4.78, 5) is 2.42. The molecule has 1 aliphatic rings. The van der Waals surface area contributed by atoms with Gasteiger partial charge in [-0.1, -0.05) is 6.92 Å². The van der Waals surface area contributed by atoms with Gasteiger partial charge in [0.2, 0.25) is 0 Å². The van der Waals surface area contributed by atoms with Gasteiger partial charge in [0.15, 0.2) is 0 Å². The predicted molar refractivity (Wildman–Crippen MR) is 68.9 cm³/mol. The molecule has 1 saturated carbocycles. The Morgan fingerprint density at radius 1 is 1.19 bits per heavy atom. The Balaban J connectivity index is 1.71. The van der Waals surface area contributed by atoms with Crippen molar-refractivity contribution in [1.82, 2.24) is 10.2 Å². The van der Waals surface area contributed by atoms with Crippen LogP contribution >= 0.6 is 0 Å². The highest BCUT2D eigenvalue weighted by Gasteiger charge is 2.25. The van der Waals surface area contributed by atoms with Gasteiger partial charge < -0.3 is 15.0 Å². The number of likely N-dealkylation sites (N-methyl/N-ethyl adjacent to an activating group) is 1. The fourth-order valence-corrected chi connectivity index (χ4v) is 1.82. The van der Waals surface area contributed by atoms with E-state index in [0.717, 1.165) is 38.9 Å². The van der Waals surface area contributed by atoms with Gasteiger partial charge in [0.25, 0.3) is 0 Å². The van der Waals surface area contributed by atoms with E-state index in [4.69, 9.17) is 4.74 Å². The van der Waals surface area contributed by atoms with E-state index in [0.29, 0.717) is 0 Å². The summed E-state index contributed by atoms with van der Waals surface area (Å²) in [6.07, 6.45) is 6.55. The lowest BCUT2D eigenvalue weighted by molar-refractivity contribution is 0.106. The molecule has 0 bridgehead atoms. The predicted octanol–water partition coefficient (Wildman–Crippen LogP) is 1.88. The lowest BCUT2D eigenvalue weighted by Gasteiger charge is -2.15. The molecule has 0 saturated heterocycles. The summed E-state index contributed by atoms with van der Waals surface area (Å²) in [6.45, 7) is 7.33. The zero-order chi connectivity index (χ0) is 11.6. The van der Waals surface area contributed by atoms with Gasteiger partial charge in [-0.25, -0.2) is 0 Å². The standard InChI is InChI=1S/C13H28N2O/c1-3-14-9-5-4-6-11-16-12-10-15(2)13-7-8-13/h13-14H,3-12H2,1-2H3. The van der Waals surface area contributed by atoms with Crippen LogP contribution in [0.15, 0.2) is 0 Å². The van der Waals surface area contributed by atoms with Crippen LogP contribution in [0.4, 0.5) is 0 Å². The first-order chi connectivity index (χ1) is 7.84. The third-order valence-electron chi connectivity index (χ3n) is 3.15. The summed E-state index contributed by atoms with van der Waals surface area (Å²) < 4.78 is 5.63. The lowest BCUT2D eigenvalue weighted by Crippen LogP contribution is -2.25. The molecule has 0 atom stereocenters. The van der Waals surface area contributed by atoms with Crippen molar-refractivity contribution in [2.75, 3.05) is 39.9 Å². The number of unbranched alkanes of at least 4 members (excludes halogenated alkanes) is 2. The number of ether oxygens (including phenoxy) is 1. The minimum Gasteiger partial charge on any atom is -0.380 e.